The first kappa shape index (κ1) is 9.56. The van der Waals surface area contributed by atoms with Gasteiger partial charge in [-0.15, -0.1) is 11.6 Å². The maximum absolute atomic E-state index is 5.80. The van der Waals surface area contributed by atoms with Crippen molar-refractivity contribution in [3.05, 3.63) is 35.4 Å². The summed E-state index contributed by atoms with van der Waals surface area (Å²) in [4.78, 5) is 2.14. The smallest absolute Gasteiger partial charge is 0.0477 e. The number of hydrogen-bond acceptors (Lipinski definition) is 1. The van der Waals surface area contributed by atoms with E-state index in [9.17, 15) is 0 Å². The Morgan fingerprint density at radius 3 is 2.25 bits per heavy atom. The van der Waals surface area contributed by atoms with Crippen LogP contribution in [0.3, 0.4) is 0 Å². The number of hydrogen-bond donors (Lipinski definition) is 0. The largest absolute Gasteiger partial charge is 0.305 e. The summed E-state index contributed by atoms with van der Waals surface area (Å²) in [5.41, 5.74) is 2.55. The zero-order valence-electron chi connectivity index (χ0n) is 7.55. The Kier molecular flexibility index (Phi) is 3.57. The second kappa shape index (κ2) is 4.48. The Morgan fingerprint density at radius 2 is 1.75 bits per heavy atom. The molecule has 0 heterocycles. The molecule has 1 rings (SSSR count). The quantitative estimate of drug-likeness (QED) is 0.651. The van der Waals surface area contributed by atoms with Gasteiger partial charge in [-0.05, 0) is 25.2 Å². The van der Waals surface area contributed by atoms with Crippen molar-refractivity contribution >= 4 is 11.6 Å². The van der Waals surface area contributed by atoms with Crippen LogP contribution in [0, 0.1) is 0 Å². The standard InChI is InChI=1S/C10H14ClN/c1-12(2)8-10-6-4-3-5-9(10)7-11/h3-6H,7-8H2,1-2H3. The van der Waals surface area contributed by atoms with Gasteiger partial charge in [-0.1, -0.05) is 24.3 Å². The van der Waals surface area contributed by atoms with Crippen LogP contribution in [0.15, 0.2) is 24.3 Å². The van der Waals surface area contributed by atoms with E-state index in [1.807, 2.05) is 6.07 Å². The molecule has 0 saturated heterocycles. The summed E-state index contributed by atoms with van der Waals surface area (Å²) in [5, 5.41) is 0. The molecule has 66 valence electrons. The highest BCUT2D eigenvalue weighted by Crippen LogP contribution is 2.12. The third kappa shape index (κ3) is 2.50. The summed E-state index contributed by atoms with van der Waals surface area (Å²) >= 11 is 5.80. The highest BCUT2D eigenvalue weighted by molar-refractivity contribution is 6.17. The third-order valence-electron chi connectivity index (χ3n) is 1.75. The maximum Gasteiger partial charge on any atom is 0.0477 e. The summed E-state index contributed by atoms with van der Waals surface area (Å²) in [6.45, 7) is 0.961. The van der Waals surface area contributed by atoms with Crippen LogP contribution >= 0.6 is 11.6 Å². The molecular weight excluding hydrogens is 170 g/mol. The van der Waals surface area contributed by atoms with Gasteiger partial charge < -0.3 is 4.90 Å². The van der Waals surface area contributed by atoms with Crippen LogP contribution < -0.4 is 0 Å². The van der Waals surface area contributed by atoms with Crippen LogP contribution in [0.4, 0.5) is 0 Å². The van der Waals surface area contributed by atoms with Crippen molar-refractivity contribution in [2.45, 2.75) is 12.4 Å². The Bertz CT molecular complexity index is 245. The molecule has 0 aromatic heterocycles. The first-order chi connectivity index (χ1) is 5.74. The molecule has 0 fully saturated rings. The molecule has 1 aromatic carbocycles. The summed E-state index contributed by atoms with van der Waals surface area (Å²) in [7, 11) is 4.12. The summed E-state index contributed by atoms with van der Waals surface area (Å²) < 4.78 is 0. The Hall–Kier alpha value is -0.530. The predicted molar refractivity (Wildman–Crippen MR) is 53.4 cm³/mol. The fourth-order valence-corrected chi connectivity index (χ4v) is 1.44. The molecule has 2 heteroatoms. The van der Waals surface area contributed by atoms with Crippen LogP contribution in [0.1, 0.15) is 11.1 Å². The average Bonchev–Trinajstić information content (AvgIpc) is 2.04. The first-order valence-corrected chi connectivity index (χ1v) is 4.55. The lowest BCUT2D eigenvalue weighted by atomic mass is 10.1. The van der Waals surface area contributed by atoms with Gasteiger partial charge in [0, 0.05) is 12.4 Å². The van der Waals surface area contributed by atoms with E-state index >= 15 is 0 Å². The van der Waals surface area contributed by atoms with E-state index in [0.29, 0.717) is 5.88 Å². The molecule has 0 unspecified atom stereocenters. The second-order valence-electron chi connectivity index (χ2n) is 3.14. The van der Waals surface area contributed by atoms with Gasteiger partial charge in [0.25, 0.3) is 0 Å². The van der Waals surface area contributed by atoms with E-state index in [0.717, 1.165) is 6.54 Å². The molecular formula is C10H14ClN. The second-order valence-corrected chi connectivity index (χ2v) is 3.41. The van der Waals surface area contributed by atoms with Gasteiger partial charge in [-0.25, -0.2) is 0 Å². The monoisotopic (exact) mass is 183 g/mol. The number of alkyl halides is 1. The Morgan fingerprint density at radius 1 is 1.17 bits per heavy atom. The molecule has 12 heavy (non-hydrogen) atoms. The first-order valence-electron chi connectivity index (χ1n) is 4.01. The summed E-state index contributed by atoms with van der Waals surface area (Å²) in [6.07, 6.45) is 0. The minimum Gasteiger partial charge on any atom is -0.305 e. The van der Waals surface area contributed by atoms with Gasteiger partial charge in [-0.2, -0.15) is 0 Å². The minimum atomic E-state index is 0.601. The molecule has 0 amide bonds. The maximum atomic E-state index is 5.80. The van der Waals surface area contributed by atoms with Crippen LogP contribution in [-0.2, 0) is 12.4 Å². The fraction of sp³-hybridized carbons (Fsp3) is 0.400. The van der Waals surface area contributed by atoms with Crippen LogP contribution in [0.5, 0.6) is 0 Å². The highest BCUT2D eigenvalue weighted by Gasteiger charge is 2.00. The van der Waals surface area contributed by atoms with E-state index in [1.54, 1.807) is 0 Å². The average molecular weight is 184 g/mol. The normalized spacial score (nSPS) is 10.7. The van der Waals surface area contributed by atoms with Crippen LogP contribution in [-0.4, -0.2) is 19.0 Å². The predicted octanol–water partition coefficient (Wildman–Crippen LogP) is 2.49. The third-order valence-corrected chi connectivity index (χ3v) is 2.04. The molecule has 0 bridgehead atoms. The molecule has 0 spiro atoms. The number of nitrogens with zero attached hydrogens (tertiary/aromatic N) is 1. The zero-order chi connectivity index (χ0) is 8.97. The molecule has 0 radical (unpaired) electrons. The summed E-state index contributed by atoms with van der Waals surface area (Å²) in [6, 6.07) is 8.27. The molecule has 0 saturated carbocycles. The van der Waals surface area contributed by atoms with Crippen LogP contribution in [0.25, 0.3) is 0 Å². The van der Waals surface area contributed by atoms with Crippen LogP contribution in [0.2, 0.25) is 0 Å². The lowest BCUT2D eigenvalue weighted by Gasteiger charge is -2.12. The van der Waals surface area contributed by atoms with Crippen molar-refractivity contribution in [1.29, 1.82) is 0 Å². The topological polar surface area (TPSA) is 3.24 Å². The van der Waals surface area contributed by atoms with Gasteiger partial charge in [-0.3, -0.25) is 0 Å². The van der Waals surface area contributed by atoms with E-state index in [2.05, 4.69) is 37.2 Å². The van der Waals surface area contributed by atoms with Crippen molar-refractivity contribution < 1.29 is 0 Å². The van der Waals surface area contributed by atoms with Crippen molar-refractivity contribution in [1.82, 2.24) is 4.90 Å². The van der Waals surface area contributed by atoms with Gasteiger partial charge in [0.1, 0.15) is 0 Å². The SMILES string of the molecule is CN(C)Cc1ccccc1CCl. The molecule has 0 aliphatic carbocycles. The molecule has 0 N–H and O–H groups in total. The molecule has 0 atom stereocenters. The van der Waals surface area contributed by atoms with Crippen molar-refractivity contribution in [3.8, 4) is 0 Å². The van der Waals surface area contributed by atoms with Gasteiger partial charge in [0.2, 0.25) is 0 Å². The lowest BCUT2D eigenvalue weighted by molar-refractivity contribution is 0.401. The van der Waals surface area contributed by atoms with E-state index in [4.69, 9.17) is 11.6 Å². The number of rotatable bonds is 3. The van der Waals surface area contributed by atoms with Crippen molar-refractivity contribution in [2.24, 2.45) is 0 Å². The molecule has 1 nitrogen and oxygen atoms in total. The van der Waals surface area contributed by atoms with Gasteiger partial charge >= 0.3 is 0 Å². The van der Waals surface area contributed by atoms with E-state index in [-0.39, 0.29) is 0 Å². The number of benzene rings is 1. The van der Waals surface area contributed by atoms with Crippen molar-refractivity contribution in [3.63, 3.8) is 0 Å². The van der Waals surface area contributed by atoms with Gasteiger partial charge in [0.15, 0.2) is 0 Å². The zero-order valence-corrected chi connectivity index (χ0v) is 8.30. The molecule has 1 aromatic rings. The molecule has 0 aliphatic heterocycles. The highest BCUT2D eigenvalue weighted by atomic mass is 35.5. The van der Waals surface area contributed by atoms with E-state index < -0.39 is 0 Å². The number of halogens is 1. The molecule has 0 aliphatic rings. The minimum absolute atomic E-state index is 0.601. The van der Waals surface area contributed by atoms with Gasteiger partial charge in [0.05, 0.1) is 0 Å². The Balaban J connectivity index is 2.82. The Labute approximate surface area is 79.0 Å². The van der Waals surface area contributed by atoms with E-state index in [1.165, 1.54) is 11.1 Å². The lowest BCUT2D eigenvalue weighted by Crippen LogP contribution is -2.11. The fourth-order valence-electron chi connectivity index (χ4n) is 1.18. The summed E-state index contributed by atoms with van der Waals surface area (Å²) in [5.74, 6) is 0.601. The van der Waals surface area contributed by atoms with Crippen molar-refractivity contribution in [2.75, 3.05) is 14.1 Å².